The molecule has 9 heteroatoms. The van der Waals surface area contributed by atoms with Crippen LogP contribution in [0, 0.1) is 0 Å². The standard InChI is InChI=1S/C24H26N2O7/c1-3-13-32-24(31)17-7-9-19(10-8-17)25-21(28)11-12-23(30)33-15-22(29)26-20-6-4-5-18(14-20)16(2)27/h4-10,14H,3,11-13,15H2,1-2H3,(H,25,28)(H,26,29). The van der Waals surface area contributed by atoms with Crippen LogP contribution >= 0.6 is 0 Å². The lowest BCUT2D eigenvalue weighted by atomic mass is 10.1. The number of nitrogens with one attached hydrogen (secondary N) is 2. The van der Waals surface area contributed by atoms with Crippen molar-refractivity contribution in [3.05, 3.63) is 59.7 Å². The molecule has 2 aromatic rings. The van der Waals surface area contributed by atoms with Crippen LogP contribution in [0.15, 0.2) is 48.5 Å². The van der Waals surface area contributed by atoms with E-state index in [1.807, 2.05) is 6.92 Å². The molecule has 0 unspecified atom stereocenters. The number of esters is 2. The Bertz CT molecular complexity index is 1020. The number of amides is 2. The van der Waals surface area contributed by atoms with E-state index < -0.39 is 30.4 Å². The second kappa shape index (κ2) is 12.7. The monoisotopic (exact) mass is 454 g/mol. The first-order valence-electron chi connectivity index (χ1n) is 10.4. The van der Waals surface area contributed by atoms with E-state index in [0.29, 0.717) is 29.1 Å². The molecule has 0 spiro atoms. The zero-order valence-corrected chi connectivity index (χ0v) is 18.5. The first-order valence-corrected chi connectivity index (χ1v) is 10.4. The number of carbonyl (C=O) groups excluding carboxylic acids is 5. The molecule has 2 aromatic carbocycles. The molecular formula is C24H26N2O7. The van der Waals surface area contributed by atoms with Crippen molar-refractivity contribution in [2.24, 2.45) is 0 Å². The summed E-state index contributed by atoms with van der Waals surface area (Å²) in [6, 6.07) is 12.6. The van der Waals surface area contributed by atoms with E-state index in [9.17, 15) is 24.0 Å². The molecule has 0 saturated heterocycles. The SMILES string of the molecule is CCCOC(=O)c1ccc(NC(=O)CCC(=O)OCC(=O)Nc2cccc(C(C)=O)c2)cc1. The lowest BCUT2D eigenvalue weighted by Crippen LogP contribution is -2.22. The largest absolute Gasteiger partial charge is 0.462 e. The summed E-state index contributed by atoms with van der Waals surface area (Å²) in [5.41, 5.74) is 1.69. The highest BCUT2D eigenvalue weighted by Gasteiger charge is 2.12. The van der Waals surface area contributed by atoms with Crippen molar-refractivity contribution in [1.82, 2.24) is 0 Å². The number of anilines is 2. The molecule has 0 aliphatic rings. The number of hydrogen-bond donors (Lipinski definition) is 2. The Morgan fingerprint density at radius 1 is 0.788 bits per heavy atom. The van der Waals surface area contributed by atoms with E-state index in [4.69, 9.17) is 9.47 Å². The van der Waals surface area contributed by atoms with Gasteiger partial charge in [0.25, 0.3) is 5.91 Å². The molecule has 0 aromatic heterocycles. The maximum absolute atomic E-state index is 12.0. The number of ether oxygens (including phenoxy) is 2. The van der Waals surface area contributed by atoms with Crippen molar-refractivity contribution in [2.45, 2.75) is 33.1 Å². The Balaban J connectivity index is 1.71. The molecule has 0 atom stereocenters. The van der Waals surface area contributed by atoms with Crippen molar-refractivity contribution >= 4 is 40.9 Å². The fraction of sp³-hybridized carbons (Fsp3) is 0.292. The van der Waals surface area contributed by atoms with Crippen molar-refractivity contribution in [3.8, 4) is 0 Å². The highest BCUT2D eigenvalue weighted by Crippen LogP contribution is 2.12. The molecule has 0 heterocycles. The van der Waals surface area contributed by atoms with Crippen LogP contribution in [0.2, 0.25) is 0 Å². The number of carbonyl (C=O) groups is 5. The highest BCUT2D eigenvalue weighted by molar-refractivity contribution is 5.98. The minimum atomic E-state index is -0.702. The molecule has 0 bridgehead atoms. The summed E-state index contributed by atoms with van der Waals surface area (Å²) >= 11 is 0. The smallest absolute Gasteiger partial charge is 0.338 e. The van der Waals surface area contributed by atoms with Gasteiger partial charge in [-0.15, -0.1) is 0 Å². The van der Waals surface area contributed by atoms with Gasteiger partial charge in [0, 0.05) is 23.4 Å². The van der Waals surface area contributed by atoms with E-state index in [0.717, 1.165) is 6.42 Å². The molecule has 2 N–H and O–H groups in total. The predicted octanol–water partition coefficient (Wildman–Crippen LogP) is 3.36. The Labute approximate surface area is 191 Å². The Hall–Kier alpha value is -4.01. The molecule has 9 nitrogen and oxygen atoms in total. The van der Waals surface area contributed by atoms with E-state index >= 15 is 0 Å². The minimum absolute atomic E-state index is 0.137. The van der Waals surface area contributed by atoms with Gasteiger partial charge < -0.3 is 20.1 Å². The van der Waals surface area contributed by atoms with E-state index in [1.165, 1.54) is 25.1 Å². The lowest BCUT2D eigenvalue weighted by Gasteiger charge is -2.08. The minimum Gasteiger partial charge on any atom is -0.462 e. The van der Waals surface area contributed by atoms with Crippen LogP contribution in [0.25, 0.3) is 0 Å². The molecule has 0 aliphatic heterocycles. The number of benzene rings is 2. The van der Waals surface area contributed by atoms with Crippen LogP contribution in [0.1, 0.15) is 53.8 Å². The summed E-state index contributed by atoms with van der Waals surface area (Å²) in [6.07, 6.45) is 0.379. The molecule has 0 fully saturated rings. The van der Waals surface area contributed by atoms with Crippen molar-refractivity contribution in [1.29, 1.82) is 0 Å². The van der Waals surface area contributed by atoms with Crippen molar-refractivity contribution in [3.63, 3.8) is 0 Å². The van der Waals surface area contributed by atoms with Gasteiger partial charge in [0.1, 0.15) is 0 Å². The maximum Gasteiger partial charge on any atom is 0.338 e. The summed E-state index contributed by atoms with van der Waals surface area (Å²) in [5, 5.41) is 5.15. The highest BCUT2D eigenvalue weighted by atomic mass is 16.5. The topological polar surface area (TPSA) is 128 Å². The number of hydrogen-bond acceptors (Lipinski definition) is 7. The zero-order valence-electron chi connectivity index (χ0n) is 18.5. The van der Waals surface area contributed by atoms with Crippen LogP contribution in [-0.4, -0.2) is 42.7 Å². The zero-order chi connectivity index (χ0) is 24.2. The molecule has 0 aliphatic carbocycles. The molecule has 2 amide bonds. The molecule has 174 valence electrons. The first kappa shape index (κ1) is 25.3. The van der Waals surface area contributed by atoms with Crippen LogP contribution < -0.4 is 10.6 Å². The first-order chi connectivity index (χ1) is 15.8. The molecular weight excluding hydrogens is 428 g/mol. The van der Waals surface area contributed by atoms with E-state index in [2.05, 4.69) is 10.6 Å². The van der Waals surface area contributed by atoms with Crippen LogP contribution in [0.3, 0.4) is 0 Å². The average molecular weight is 454 g/mol. The van der Waals surface area contributed by atoms with Gasteiger partial charge >= 0.3 is 11.9 Å². The molecule has 0 radical (unpaired) electrons. The van der Waals surface area contributed by atoms with Gasteiger partial charge in [-0.3, -0.25) is 19.2 Å². The average Bonchev–Trinajstić information content (AvgIpc) is 2.80. The number of rotatable bonds is 11. The van der Waals surface area contributed by atoms with Crippen LogP contribution in [0.4, 0.5) is 11.4 Å². The van der Waals surface area contributed by atoms with Crippen molar-refractivity contribution in [2.75, 3.05) is 23.8 Å². The van der Waals surface area contributed by atoms with Crippen molar-refractivity contribution < 1.29 is 33.4 Å². The molecule has 2 rings (SSSR count). The van der Waals surface area contributed by atoms with E-state index in [1.54, 1.807) is 30.3 Å². The third kappa shape index (κ3) is 8.94. The summed E-state index contributed by atoms with van der Waals surface area (Å²) in [5.74, 6) is -2.26. The third-order valence-corrected chi connectivity index (χ3v) is 4.31. The fourth-order valence-electron chi connectivity index (χ4n) is 2.64. The summed E-state index contributed by atoms with van der Waals surface area (Å²) in [6.45, 7) is 3.13. The summed E-state index contributed by atoms with van der Waals surface area (Å²) in [4.78, 5) is 58.9. The second-order valence-corrected chi connectivity index (χ2v) is 7.11. The fourth-order valence-corrected chi connectivity index (χ4v) is 2.64. The maximum atomic E-state index is 12.0. The molecule has 0 saturated carbocycles. The lowest BCUT2D eigenvalue weighted by molar-refractivity contribution is -0.147. The summed E-state index contributed by atoms with van der Waals surface area (Å²) in [7, 11) is 0. The van der Waals surface area contributed by atoms with Crippen LogP contribution in [-0.2, 0) is 23.9 Å². The quantitative estimate of drug-likeness (QED) is 0.394. The Morgan fingerprint density at radius 3 is 2.15 bits per heavy atom. The number of Topliss-reactive ketones (excluding diaryl/α,β-unsaturated/α-hetero) is 1. The normalized spacial score (nSPS) is 10.1. The van der Waals surface area contributed by atoms with Gasteiger partial charge in [0.15, 0.2) is 12.4 Å². The van der Waals surface area contributed by atoms with Gasteiger partial charge in [-0.1, -0.05) is 19.1 Å². The van der Waals surface area contributed by atoms with Gasteiger partial charge in [0.05, 0.1) is 18.6 Å². The van der Waals surface area contributed by atoms with Gasteiger partial charge in [-0.05, 0) is 49.7 Å². The Kier molecular flexibility index (Phi) is 9.76. The molecule has 33 heavy (non-hydrogen) atoms. The van der Waals surface area contributed by atoms with Gasteiger partial charge in [-0.2, -0.15) is 0 Å². The number of ketones is 1. The third-order valence-electron chi connectivity index (χ3n) is 4.31. The van der Waals surface area contributed by atoms with Gasteiger partial charge in [0.2, 0.25) is 5.91 Å². The summed E-state index contributed by atoms with van der Waals surface area (Å²) < 4.78 is 9.91. The van der Waals surface area contributed by atoms with Crippen LogP contribution in [0.5, 0.6) is 0 Å². The van der Waals surface area contributed by atoms with Gasteiger partial charge in [-0.25, -0.2) is 4.79 Å². The second-order valence-electron chi connectivity index (χ2n) is 7.11. The van der Waals surface area contributed by atoms with E-state index in [-0.39, 0.29) is 18.6 Å². The Morgan fingerprint density at radius 2 is 1.48 bits per heavy atom. The predicted molar refractivity (Wildman–Crippen MR) is 121 cm³/mol.